The van der Waals surface area contributed by atoms with Gasteiger partial charge in [0.15, 0.2) is 0 Å². The van der Waals surface area contributed by atoms with E-state index in [2.05, 4.69) is 9.78 Å². The van der Waals surface area contributed by atoms with Crippen molar-refractivity contribution in [1.82, 2.24) is 14.7 Å². The fourth-order valence-electron chi connectivity index (χ4n) is 3.32. The number of thiophene rings is 1. The van der Waals surface area contributed by atoms with E-state index in [1.807, 2.05) is 27.9 Å². The van der Waals surface area contributed by atoms with Crippen LogP contribution in [-0.4, -0.2) is 40.8 Å². The van der Waals surface area contributed by atoms with Crippen molar-refractivity contribution in [1.29, 1.82) is 0 Å². The lowest BCUT2D eigenvalue weighted by molar-refractivity contribution is 0.0674. The molecule has 2 aliphatic rings. The Hall–Kier alpha value is -1.66. The Morgan fingerprint density at radius 2 is 2.35 bits per heavy atom. The summed E-state index contributed by atoms with van der Waals surface area (Å²) in [5, 5.41) is 8.46. The fraction of sp³-hybridized carbons (Fsp3) is 0.529. The highest BCUT2D eigenvalue weighted by molar-refractivity contribution is 7.08. The van der Waals surface area contributed by atoms with Crippen LogP contribution in [0.5, 0.6) is 0 Å². The van der Waals surface area contributed by atoms with Crippen molar-refractivity contribution in [3.8, 4) is 0 Å². The number of aromatic nitrogens is 2. The minimum Gasteiger partial charge on any atom is -0.384 e. The standard InChI is InChI=1S/C17H21N3O2S/c1-22-10-14-8-19(17(21)13-4-5-23-11-13)9-16-15(14)6-18-20(16)7-12-2-3-12/h4-6,11-12,14H,2-3,7-10H2,1H3/t14-/m1/s1. The number of hydrogen-bond donors (Lipinski definition) is 0. The number of carbonyl (C=O) groups excluding carboxylic acids is 1. The van der Waals surface area contributed by atoms with Crippen LogP contribution in [0, 0.1) is 5.92 Å². The lowest BCUT2D eigenvalue weighted by atomic mass is 9.95. The van der Waals surface area contributed by atoms with Crippen LogP contribution in [0.2, 0.25) is 0 Å². The normalized spacial score (nSPS) is 20.6. The van der Waals surface area contributed by atoms with Crippen molar-refractivity contribution in [3.05, 3.63) is 39.8 Å². The van der Waals surface area contributed by atoms with Gasteiger partial charge in [-0.2, -0.15) is 16.4 Å². The first-order valence-electron chi connectivity index (χ1n) is 8.11. The smallest absolute Gasteiger partial charge is 0.255 e. The first kappa shape index (κ1) is 14.9. The van der Waals surface area contributed by atoms with Crippen LogP contribution in [0.15, 0.2) is 23.0 Å². The molecule has 0 bridgehead atoms. The third kappa shape index (κ3) is 2.93. The Morgan fingerprint density at radius 3 is 3.04 bits per heavy atom. The average molecular weight is 331 g/mol. The van der Waals surface area contributed by atoms with E-state index in [1.165, 1.54) is 24.1 Å². The summed E-state index contributed by atoms with van der Waals surface area (Å²) in [5.74, 6) is 1.08. The van der Waals surface area contributed by atoms with Crippen molar-refractivity contribution < 1.29 is 9.53 Å². The number of nitrogens with zero attached hydrogens (tertiary/aromatic N) is 3. The summed E-state index contributed by atoms with van der Waals surface area (Å²) in [5.41, 5.74) is 3.22. The maximum Gasteiger partial charge on any atom is 0.255 e. The van der Waals surface area contributed by atoms with E-state index in [0.717, 1.165) is 18.0 Å². The molecule has 0 radical (unpaired) electrons. The zero-order valence-corrected chi connectivity index (χ0v) is 14.1. The van der Waals surface area contributed by atoms with E-state index in [9.17, 15) is 4.79 Å². The van der Waals surface area contributed by atoms with Crippen molar-refractivity contribution in [2.75, 3.05) is 20.3 Å². The van der Waals surface area contributed by atoms with Gasteiger partial charge in [-0.05, 0) is 30.2 Å². The van der Waals surface area contributed by atoms with Gasteiger partial charge in [0.2, 0.25) is 0 Å². The van der Waals surface area contributed by atoms with E-state index in [-0.39, 0.29) is 11.8 Å². The molecule has 1 saturated carbocycles. The zero-order valence-electron chi connectivity index (χ0n) is 13.3. The molecule has 4 rings (SSSR count). The van der Waals surface area contributed by atoms with Crippen LogP contribution in [0.3, 0.4) is 0 Å². The highest BCUT2D eigenvalue weighted by Gasteiger charge is 2.33. The summed E-state index contributed by atoms with van der Waals surface area (Å²) in [6.45, 7) is 2.95. The minimum atomic E-state index is 0.108. The number of ether oxygens (including phenoxy) is 1. The van der Waals surface area contributed by atoms with Crippen LogP contribution in [0.4, 0.5) is 0 Å². The largest absolute Gasteiger partial charge is 0.384 e. The molecule has 2 aromatic heterocycles. The van der Waals surface area contributed by atoms with Gasteiger partial charge in [0.05, 0.1) is 30.6 Å². The van der Waals surface area contributed by atoms with E-state index < -0.39 is 0 Å². The molecule has 23 heavy (non-hydrogen) atoms. The molecule has 0 aromatic carbocycles. The van der Waals surface area contributed by atoms with Gasteiger partial charge in [-0.25, -0.2) is 0 Å². The molecule has 1 aliphatic heterocycles. The Kier molecular flexibility index (Phi) is 3.95. The molecule has 3 heterocycles. The van der Waals surface area contributed by atoms with Crippen LogP contribution >= 0.6 is 11.3 Å². The van der Waals surface area contributed by atoms with Crippen LogP contribution < -0.4 is 0 Å². The molecule has 5 nitrogen and oxygen atoms in total. The zero-order chi connectivity index (χ0) is 15.8. The van der Waals surface area contributed by atoms with Crippen molar-refractivity contribution >= 4 is 17.2 Å². The van der Waals surface area contributed by atoms with E-state index in [1.54, 1.807) is 18.4 Å². The summed E-state index contributed by atoms with van der Waals surface area (Å²) in [6, 6.07) is 1.90. The van der Waals surface area contributed by atoms with Gasteiger partial charge in [-0.15, -0.1) is 0 Å². The second-order valence-electron chi connectivity index (χ2n) is 6.52. The molecular formula is C17H21N3O2S. The summed E-state index contributed by atoms with van der Waals surface area (Å²) < 4.78 is 7.50. The van der Waals surface area contributed by atoms with Gasteiger partial charge in [0, 0.05) is 37.1 Å². The van der Waals surface area contributed by atoms with Gasteiger partial charge >= 0.3 is 0 Å². The second-order valence-corrected chi connectivity index (χ2v) is 7.30. The molecule has 1 aliphatic carbocycles. The molecule has 2 aromatic rings. The fourth-order valence-corrected chi connectivity index (χ4v) is 3.95. The Labute approximate surface area is 139 Å². The molecular weight excluding hydrogens is 310 g/mol. The van der Waals surface area contributed by atoms with Gasteiger partial charge in [0.25, 0.3) is 5.91 Å². The van der Waals surface area contributed by atoms with E-state index in [4.69, 9.17) is 4.74 Å². The van der Waals surface area contributed by atoms with Crippen molar-refractivity contribution in [2.24, 2.45) is 5.92 Å². The number of rotatable bonds is 5. The van der Waals surface area contributed by atoms with Crippen LogP contribution in [0.1, 0.15) is 40.4 Å². The quantitative estimate of drug-likeness (QED) is 0.846. The Bertz CT molecular complexity index is 691. The molecule has 122 valence electrons. The molecule has 0 spiro atoms. The number of amides is 1. The molecule has 0 saturated heterocycles. The summed E-state index contributed by atoms with van der Waals surface area (Å²) in [6.07, 6.45) is 4.58. The highest BCUT2D eigenvalue weighted by atomic mass is 32.1. The van der Waals surface area contributed by atoms with Gasteiger partial charge in [-0.3, -0.25) is 9.48 Å². The van der Waals surface area contributed by atoms with Crippen LogP contribution in [-0.2, 0) is 17.8 Å². The predicted molar refractivity (Wildman–Crippen MR) is 88.6 cm³/mol. The molecule has 1 amide bonds. The third-order valence-corrected chi connectivity index (χ3v) is 5.44. The topological polar surface area (TPSA) is 47.4 Å². The number of fused-ring (bicyclic) bond motifs is 1. The monoisotopic (exact) mass is 331 g/mol. The number of methoxy groups -OCH3 is 1. The molecule has 6 heteroatoms. The lowest BCUT2D eigenvalue weighted by Crippen LogP contribution is -2.40. The summed E-state index contributed by atoms with van der Waals surface area (Å²) in [4.78, 5) is 14.7. The maximum atomic E-state index is 12.8. The third-order valence-electron chi connectivity index (χ3n) is 4.75. The second kappa shape index (κ2) is 6.09. The number of hydrogen-bond acceptors (Lipinski definition) is 4. The molecule has 1 atom stereocenters. The van der Waals surface area contributed by atoms with Gasteiger partial charge in [-0.1, -0.05) is 0 Å². The molecule has 1 fully saturated rings. The average Bonchev–Trinajstić information content (AvgIpc) is 3.05. The molecule has 0 unspecified atom stereocenters. The minimum absolute atomic E-state index is 0.108. The number of carbonyl (C=O) groups is 1. The lowest BCUT2D eigenvalue weighted by Gasteiger charge is -2.33. The maximum absolute atomic E-state index is 12.8. The molecule has 0 N–H and O–H groups in total. The highest BCUT2D eigenvalue weighted by Crippen LogP contribution is 2.34. The first-order chi connectivity index (χ1) is 11.3. The van der Waals surface area contributed by atoms with Gasteiger partial charge < -0.3 is 9.64 Å². The summed E-state index contributed by atoms with van der Waals surface area (Å²) in [7, 11) is 1.72. The first-order valence-corrected chi connectivity index (χ1v) is 9.05. The van der Waals surface area contributed by atoms with E-state index >= 15 is 0 Å². The predicted octanol–water partition coefficient (Wildman–Crippen LogP) is 2.74. The Balaban J connectivity index is 1.62. The van der Waals surface area contributed by atoms with E-state index in [0.29, 0.717) is 19.7 Å². The van der Waals surface area contributed by atoms with Crippen molar-refractivity contribution in [2.45, 2.75) is 31.8 Å². The van der Waals surface area contributed by atoms with Crippen molar-refractivity contribution in [3.63, 3.8) is 0 Å². The summed E-state index contributed by atoms with van der Waals surface area (Å²) >= 11 is 1.56. The SMILES string of the molecule is COC[C@H]1CN(C(=O)c2ccsc2)Cc2c1cnn2CC1CC1. The Morgan fingerprint density at radius 1 is 1.48 bits per heavy atom. The van der Waals surface area contributed by atoms with Crippen LogP contribution in [0.25, 0.3) is 0 Å². The van der Waals surface area contributed by atoms with Gasteiger partial charge in [0.1, 0.15) is 0 Å².